The third-order valence-electron chi connectivity index (χ3n) is 3.26. The number of aryl methyl sites for hydroxylation is 1. The highest BCUT2D eigenvalue weighted by molar-refractivity contribution is 6.31. The van der Waals surface area contributed by atoms with Gasteiger partial charge in [-0.25, -0.2) is 9.67 Å². The van der Waals surface area contributed by atoms with Crippen LogP contribution in [0.5, 0.6) is 0 Å². The van der Waals surface area contributed by atoms with Gasteiger partial charge in [0, 0.05) is 12.2 Å². The predicted molar refractivity (Wildman–Crippen MR) is 78.0 cm³/mol. The number of aromatic nitrogens is 3. The van der Waals surface area contributed by atoms with Gasteiger partial charge >= 0.3 is 0 Å². The molecule has 2 aromatic rings. The van der Waals surface area contributed by atoms with Crippen molar-refractivity contribution in [2.24, 2.45) is 0 Å². The molecule has 0 aliphatic rings. The number of halogens is 1. The number of rotatable bonds is 4. The van der Waals surface area contributed by atoms with E-state index in [9.17, 15) is 0 Å². The molecule has 5 heteroatoms. The first-order valence-electron chi connectivity index (χ1n) is 6.44. The summed E-state index contributed by atoms with van der Waals surface area (Å²) in [5.74, 6) is 0.815. The maximum Gasteiger partial charge on any atom is 0.154 e. The average molecular weight is 279 g/mol. The summed E-state index contributed by atoms with van der Waals surface area (Å²) in [6.45, 7) is 6.90. The zero-order chi connectivity index (χ0) is 14.0. The van der Waals surface area contributed by atoms with E-state index in [4.69, 9.17) is 11.6 Å². The minimum atomic E-state index is 0.645. The lowest BCUT2D eigenvalue weighted by Gasteiger charge is -2.08. The highest BCUT2D eigenvalue weighted by Gasteiger charge is 2.13. The minimum Gasteiger partial charge on any atom is -0.314 e. The fourth-order valence-electron chi connectivity index (χ4n) is 2.29. The molecule has 19 heavy (non-hydrogen) atoms. The second kappa shape index (κ2) is 5.72. The molecule has 2 aromatic heterocycles. The quantitative estimate of drug-likeness (QED) is 0.935. The molecule has 0 aromatic carbocycles. The fraction of sp³-hybridized carbons (Fsp3) is 0.429. The van der Waals surface area contributed by atoms with Crippen molar-refractivity contribution < 1.29 is 0 Å². The van der Waals surface area contributed by atoms with E-state index in [0.717, 1.165) is 29.3 Å². The summed E-state index contributed by atoms with van der Waals surface area (Å²) in [4.78, 5) is 4.59. The van der Waals surface area contributed by atoms with Gasteiger partial charge in [-0.2, -0.15) is 5.10 Å². The second-order valence-corrected chi connectivity index (χ2v) is 4.95. The minimum absolute atomic E-state index is 0.645. The van der Waals surface area contributed by atoms with E-state index < -0.39 is 0 Å². The van der Waals surface area contributed by atoms with Crippen molar-refractivity contribution in [1.82, 2.24) is 20.1 Å². The van der Waals surface area contributed by atoms with Crippen molar-refractivity contribution in [2.75, 3.05) is 7.05 Å². The maximum absolute atomic E-state index is 6.13. The molecule has 0 unspecified atom stereocenters. The highest BCUT2D eigenvalue weighted by atomic mass is 35.5. The Labute approximate surface area is 118 Å². The molecule has 0 aliphatic carbocycles. The van der Waals surface area contributed by atoms with Crippen LogP contribution in [0.25, 0.3) is 5.82 Å². The van der Waals surface area contributed by atoms with Gasteiger partial charge in [0.05, 0.1) is 16.4 Å². The largest absolute Gasteiger partial charge is 0.314 e. The van der Waals surface area contributed by atoms with Crippen molar-refractivity contribution in [3.8, 4) is 5.82 Å². The third-order valence-corrected chi connectivity index (χ3v) is 3.60. The van der Waals surface area contributed by atoms with Crippen LogP contribution in [0.4, 0.5) is 0 Å². The zero-order valence-corrected chi connectivity index (χ0v) is 12.5. The summed E-state index contributed by atoms with van der Waals surface area (Å²) < 4.78 is 1.89. The van der Waals surface area contributed by atoms with E-state index in [1.165, 1.54) is 5.56 Å². The normalized spacial score (nSPS) is 11.0. The van der Waals surface area contributed by atoms with E-state index >= 15 is 0 Å². The third kappa shape index (κ3) is 2.65. The lowest BCUT2D eigenvalue weighted by Crippen LogP contribution is -2.10. The Balaban J connectivity index is 2.50. The fourth-order valence-corrected chi connectivity index (χ4v) is 2.46. The average Bonchev–Trinajstić information content (AvgIpc) is 2.67. The molecule has 4 nitrogen and oxygen atoms in total. The molecule has 2 heterocycles. The first-order chi connectivity index (χ1) is 9.08. The molecule has 1 N–H and O–H groups in total. The van der Waals surface area contributed by atoms with Crippen LogP contribution in [0.1, 0.15) is 29.6 Å². The van der Waals surface area contributed by atoms with Gasteiger partial charge in [-0.1, -0.05) is 18.5 Å². The Morgan fingerprint density at radius 1 is 1.32 bits per heavy atom. The van der Waals surface area contributed by atoms with E-state index in [0.29, 0.717) is 11.6 Å². The van der Waals surface area contributed by atoms with Gasteiger partial charge in [-0.15, -0.1) is 0 Å². The molecule has 0 bridgehead atoms. The van der Waals surface area contributed by atoms with Crippen molar-refractivity contribution >= 4 is 11.6 Å². The van der Waals surface area contributed by atoms with Crippen LogP contribution in [0, 0.1) is 13.8 Å². The molecule has 0 fully saturated rings. The zero-order valence-electron chi connectivity index (χ0n) is 11.8. The Morgan fingerprint density at radius 2 is 2.05 bits per heavy atom. The molecule has 0 spiro atoms. The second-order valence-electron chi connectivity index (χ2n) is 4.54. The molecule has 0 radical (unpaired) electrons. The maximum atomic E-state index is 6.13. The summed E-state index contributed by atoms with van der Waals surface area (Å²) >= 11 is 6.13. The van der Waals surface area contributed by atoms with Gasteiger partial charge in [0.15, 0.2) is 5.82 Å². The summed E-state index contributed by atoms with van der Waals surface area (Å²) in [6, 6.07) is 3.78. The van der Waals surface area contributed by atoms with Crippen LogP contribution in [0.2, 0.25) is 5.02 Å². The molecular weight excluding hydrogens is 260 g/mol. The van der Waals surface area contributed by atoms with Gasteiger partial charge in [0.1, 0.15) is 0 Å². The lowest BCUT2D eigenvalue weighted by molar-refractivity contribution is 0.758. The molecule has 0 amide bonds. The molecule has 0 aliphatic heterocycles. The molecule has 0 atom stereocenters. The van der Waals surface area contributed by atoms with Crippen LogP contribution in [-0.2, 0) is 13.0 Å². The van der Waals surface area contributed by atoms with Crippen molar-refractivity contribution in [3.05, 3.63) is 39.8 Å². The SMILES string of the molecule is CCc1c(C)nn(-c2ccc(Cl)c(CNC)n2)c1C. The molecule has 2 rings (SSSR count). The van der Waals surface area contributed by atoms with Gasteiger partial charge < -0.3 is 5.32 Å². The molecule has 102 valence electrons. The molecule has 0 saturated carbocycles. The number of pyridine rings is 1. The van der Waals surface area contributed by atoms with Gasteiger partial charge in [-0.05, 0) is 45.0 Å². The van der Waals surface area contributed by atoms with Crippen LogP contribution >= 0.6 is 11.6 Å². The molecule has 0 saturated heterocycles. The Hall–Kier alpha value is -1.39. The number of hydrogen-bond donors (Lipinski definition) is 1. The number of nitrogens with zero attached hydrogens (tertiary/aromatic N) is 3. The number of nitrogens with one attached hydrogen (secondary N) is 1. The Kier molecular flexibility index (Phi) is 4.22. The predicted octanol–water partition coefficient (Wildman–Crippen LogP) is 2.82. The van der Waals surface area contributed by atoms with Gasteiger partial charge in [0.25, 0.3) is 0 Å². The lowest BCUT2D eigenvalue weighted by atomic mass is 10.1. The van der Waals surface area contributed by atoms with Crippen molar-refractivity contribution in [1.29, 1.82) is 0 Å². The van der Waals surface area contributed by atoms with Crippen molar-refractivity contribution in [2.45, 2.75) is 33.7 Å². The Morgan fingerprint density at radius 3 is 2.63 bits per heavy atom. The van der Waals surface area contributed by atoms with Crippen LogP contribution < -0.4 is 5.32 Å². The van der Waals surface area contributed by atoms with E-state index in [1.54, 1.807) is 0 Å². The van der Waals surface area contributed by atoms with E-state index in [1.807, 2.05) is 30.8 Å². The van der Waals surface area contributed by atoms with Crippen LogP contribution in [-0.4, -0.2) is 21.8 Å². The van der Waals surface area contributed by atoms with Gasteiger partial charge in [0.2, 0.25) is 0 Å². The topological polar surface area (TPSA) is 42.7 Å². The number of hydrogen-bond acceptors (Lipinski definition) is 3. The van der Waals surface area contributed by atoms with Crippen molar-refractivity contribution in [3.63, 3.8) is 0 Å². The smallest absolute Gasteiger partial charge is 0.154 e. The summed E-state index contributed by atoms with van der Waals surface area (Å²) in [5, 5.41) is 8.32. The Bertz CT molecular complexity index is 589. The van der Waals surface area contributed by atoms with Gasteiger partial charge in [-0.3, -0.25) is 0 Å². The first-order valence-corrected chi connectivity index (χ1v) is 6.81. The molecular formula is C14H19ClN4. The monoisotopic (exact) mass is 278 g/mol. The highest BCUT2D eigenvalue weighted by Crippen LogP contribution is 2.20. The van der Waals surface area contributed by atoms with E-state index in [2.05, 4.69) is 29.2 Å². The first kappa shape index (κ1) is 14.0. The standard InChI is InChI=1S/C14H19ClN4/c1-5-11-9(2)18-19(10(11)3)14-7-6-12(15)13(17-14)8-16-4/h6-7,16H,5,8H2,1-4H3. The summed E-state index contributed by atoms with van der Waals surface area (Å²) in [6.07, 6.45) is 0.981. The summed E-state index contributed by atoms with van der Waals surface area (Å²) in [5.41, 5.74) is 4.33. The van der Waals surface area contributed by atoms with Crippen LogP contribution in [0.15, 0.2) is 12.1 Å². The van der Waals surface area contributed by atoms with E-state index in [-0.39, 0.29) is 0 Å². The summed E-state index contributed by atoms with van der Waals surface area (Å²) in [7, 11) is 1.88. The van der Waals surface area contributed by atoms with Crippen LogP contribution in [0.3, 0.4) is 0 Å².